The van der Waals surface area contributed by atoms with Crippen LogP contribution < -0.4 is 9.92 Å². The fraction of sp³-hybridized carbons (Fsp3) is 0.478. The second kappa shape index (κ2) is 6.54. The van der Waals surface area contributed by atoms with Gasteiger partial charge in [-0.25, -0.2) is 0 Å². The predicted molar refractivity (Wildman–Crippen MR) is 110 cm³/mol. The van der Waals surface area contributed by atoms with E-state index in [-0.39, 0.29) is 5.41 Å². The summed E-state index contributed by atoms with van der Waals surface area (Å²) in [5.74, 6) is 1.60. The zero-order chi connectivity index (χ0) is 18.4. The third-order valence-corrected chi connectivity index (χ3v) is 9.41. The van der Waals surface area contributed by atoms with Crippen LogP contribution >= 0.6 is 0 Å². The lowest BCUT2D eigenvalue weighted by molar-refractivity contribution is 0.0616. The highest BCUT2D eigenvalue weighted by Crippen LogP contribution is 2.57. The van der Waals surface area contributed by atoms with Crippen molar-refractivity contribution in [2.24, 2.45) is 5.41 Å². The number of ether oxygens (including phenoxy) is 1. The molecule has 0 aromatic heterocycles. The molecule has 1 saturated carbocycles. The second-order valence-electron chi connectivity index (χ2n) is 8.68. The molecule has 0 amide bonds. The third-order valence-electron chi connectivity index (χ3n) is 6.81. The van der Waals surface area contributed by atoms with E-state index in [9.17, 15) is 0 Å². The summed E-state index contributed by atoms with van der Waals surface area (Å²) in [7, 11) is -0.140. The van der Waals surface area contributed by atoms with Crippen LogP contribution in [0.3, 0.4) is 0 Å². The highest BCUT2D eigenvalue weighted by molar-refractivity contribution is 6.84. The van der Waals surface area contributed by atoms with Crippen LogP contribution in [-0.2, 0) is 10.8 Å². The Morgan fingerprint density at radius 2 is 1.81 bits per heavy atom. The van der Waals surface area contributed by atoms with Gasteiger partial charge in [-0.3, -0.25) is 0 Å². The molecule has 4 rings (SSSR count). The Labute approximate surface area is 158 Å². The van der Waals surface area contributed by atoms with Crippen LogP contribution in [0.25, 0.3) is 0 Å². The molecule has 0 N–H and O–H groups in total. The lowest BCUT2D eigenvalue weighted by Gasteiger charge is -2.44. The number of rotatable bonds is 4. The largest absolute Gasteiger partial charge is 0.497 e. The Morgan fingerprint density at radius 3 is 2.54 bits per heavy atom. The van der Waals surface area contributed by atoms with Gasteiger partial charge in [-0.2, -0.15) is 0 Å². The fourth-order valence-corrected chi connectivity index (χ4v) is 7.40. The predicted octanol–water partition coefficient (Wildman–Crippen LogP) is 5.02. The Morgan fingerprint density at radius 1 is 1.04 bits per heavy atom. The lowest BCUT2D eigenvalue weighted by atomic mass is 9.66. The van der Waals surface area contributed by atoms with E-state index in [4.69, 9.17) is 9.16 Å². The molecule has 0 bridgehead atoms. The van der Waals surface area contributed by atoms with E-state index in [2.05, 4.69) is 68.5 Å². The average molecular weight is 367 g/mol. The molecule has 0 heterocycles. The summed E-state index contributed by atoms with van der Waals surface area (Å²) in [6, 6.07) is 17.5. The van der Waals surface area contributed by atoms with Crippen LogP contribution in [0, 0.1) is 5.41 Å². The van der Waals surface area contributed by atoms with Gasteiger partial charge in [-0.15, -0.1) is 0 Å². The van der Waals surface area contributed by atoms with Crippen LogP contribution in [0.15, 0.2) is 48.5 Å². The van der Waals surface area contributed by atoms with Crippen molar-refractivity contribution in [3.05, 3.63) is 59.7 Å². The van der Waals surface area contributed by atoms with Gasteiger partial charge in [-0.1, -0.05) is 43.3 Å². The Balaban J connectivity index is 1.60. The molecule has 2 aromatic carbocycles. The Hall–Kier alpha value is -1.58. The van der Waals surface area contributed by atoms with Gasteiger partial charge in [0.1, 0.15) is 5.75 Å². The Kier molecular flexibility index (Phi) is 4.48. The first-order valence-electron chi connectivity index (χ1n) is 9.84. The third kappa shape index (κ3) is 2.91. The topological polar surface area (TPSA) is 18.5 Å². The van der Waals surface area contributed by atoms with E-state index in [1.807, 2.05) is 0 Å². The molecule has 2 aromatic rings. The minimum atomic E-state index is -1.89. The molecule has 0 saturated heterocycles. The highest BCUT2D eigenvalue weighted by atomic mass is 28.4. The molecule has 2 aliphatic rings. The van der Waals surface area contributed by atoms with Gasteiger partial charge in [0.25, 0.3) is 0 Å². The maximum absolute atomic E-state index is 6.93. The smallest absolute Gasteiger partial charge is 0.218 e. The average Bonchev–Trinajstić information content (AvgIpc) is 2.98. The van der Waals surface area contributed by atoms with Gasteiger partial charge in [0.05, 0.1) is 13.2 Å². The number of hydrogen-bond donors (Lipinski definition) is 0. The van der Waals surface area contributed by atoms with Gasteiger partial charge >= 0.3 is 0 Å². The fourth-order valence-electron chi connectivity index (χ4n) is 5.17. The van der Waals surface area contributed by atoms with Crippen molar-refractivity contribution in [1.82, 2.24) is 0 Å². The van der Waals surface area contributed by atoms with Crippen molar-refractivity contribution in [2.45, 2.75) is 57.7 Å². The van der Waals surface area contributed by atoms with Crippen LogP contribution in [0.2, 0.25) is 13.1 Å². The number of hydrogen-bond acceptors (Lipinski definition) is 2. The first-order valence-corrected chi connectivity index (χ1v) is 12.7. The minimum absolute atomic E-state index is 0.251. The van der Waals surface area contributed by atoms with Crippen LogP contribution in [0.4, 0.5) is 0 Å². The number of benzene rings is 2. The minimum Gasteiger partial charge on any atom is -0.497 e. The molecule has 26 heavy (non-hydrogen) atoms. The number of methoxy groups -OCH3 is 1. The maximum atomic E-state index is 6.93. The van der Waals surface area contributed by atoms with Crippen molar-refractivity contribution in [2.75, 3.05) is 7.11 Å². The second-order valence-corrected chi connectivity index (χ2v) is 12.5. The molecule has 138 valence electrons. The molecule has 2 nitrogen and oxygen atoms in total. The molecule has 3 heteroatoms. The Bertz CT molecular complexity index is 786. The summed E-state index contributed by atoms with van der Waals surface area (Å²) < 4.78 is 12.4. The number of aryl methyl sites for hydroxylation is 1. The van der Waals surface area contributed by atoms with Crippen LogP contribution in [0.5, 0.6) is 5.75 Å². The van der Waals surface area contributed by atoms with Crippen LogP contribution in [0.1, 0.15) is 43.2 Å². The molecule has 0 unspecified atom stereocenters. The van der Waals surface area contributed by atoms with E-state index in [0.717, 1.165) is 12.2 Å². The monoisotopic (exact) mass is 366 g/mol. The summed E-state index contributed by atoms with van der Waals surface area (Å²) in [5, 5.41) is 1.40. The van der Waals surface area contributed by atoms with Gasteiger partial charge in [0.15, 0.2) is 0 Å². The molecule has 0 aliphatic heterocycles. The summed E-state index contributed by atoms with van der Waals surface area (Å²) in [4.78, 5) is 0. The van der Waals surface area contributed by atoms with Crippen molar-refractivity contribution in [3.8, 4) is 5.75 Å². The number of fused-ring (bicyclic) bond motifs is 3. The maximum Gasteiger partial charge on any atom is 0.218 e. The molecule has 3 atom stereocenters. The highest BCUT2D eigenvalue weighted by Gasteiger charge is 2.51. The quantitative estimate of drug-likeness (QED) is 0.707. The lowest BCUT2D eigenvalue weighted by Crippen LogP contribution is -2.50. The summed E-state index contributed by atoms with van der Waals surface area (Å²) in [5.41, 5.74) is 3.26. The zero-order valence-electron chi connectivity index (χ0n) is 16.4. The summed E-state index contributed by atoms with van der Waals surface area (Å²) >= 11 is 0. The molecule has 1 fully saturated rings. The van der Waals surface area contributed by atoms with Crippen LogP contribution in [-0.4, -0.2) is 21.5 Å². The van der Waals surface area contributed by atoms with Gasteiger partial charge in [-0.05, 0) is 78.6 Å². The summed E-state index contributed by atoms with van der Waals surface area (Å²) in [6.07, 6.45) is 5.12. The van der Waals surface area contributed by atoms with E-state index < -0.39 is 8.32 Å². The SMILES string of the molecule is COc1ccc2c(c1)CC[C@@]1(C)[C@@H](O[Si](C)(C)c3ccccc3)CC[C@H]21. The zero-order valence-corrected chi connectivity index (χ0v) is 17.4. The molecule has 0 radical (unpaired) electrons. The van der Waals surface area contributed by atoms with Gasteiger partial charge in [0.2, 0.25) is 8.32 Å². The van der Waals surface area contributed by atoms with Crippen molar-refractivity contribution in [3.63, 3.8) is 0 Å². The normalized spacial score (nSPS) is 27.7. The summed E-state index contributed by atoms with van der Waals surface area (Å²) in [6.45, 7) is 7.17. The van der Waals surface area contributed by atoms with E-state index in [0.29, 0.717) is 12.0 Å². The van der Waals surface area contributed by atoms with E-state index in [1.165, 1.54) is 35.6 Å². The van der Waals surface area contributed by atoms with Crippen molar-refractivity contribution < 1.29 is 9.16 Å². The first-order chi connectivity index (χ1) is 12.4. The van der Waals surface area contributed by atoms with E-state index >= 15 is 0 Å². The van der Waals surface area contributed by atoms with Crippen molar-refractivity contribution in [1.29, 1.82) is 0 Å². The van der Waals surface area contributed by atoms with Gasteiger partial charge < -0.3 is 9.16 Å². The molecule has 2 aliphatic carbocycles. The van der Waals surface area contributed by atoms with Crippen molar-refractivity contribution >= 4 is 13.5 Å². The molecule has 0 spiro atoms. The first kappa shape index (κ1) is 17.8. The molecular weight excluding hydrogens is 336 g/mol. The molecular formula is C23H30O2Si. The van der Waals surface area contributed by atoms with Gasteiger partial charge in [0, 0.05) is 0 Å². The standard InChI is InChI=1S/C23H30O2Si/c1-23-15-14-17-16-18(24-2)10-11-20(17)21(23)12-13-22(23)25-26(3,4)19-8-6-5-7-9-19/h5-11,16,21-22H,12-15H2,1-4H3/t21-,22+,23-/m1/s1. The van der Waals surface area contributed by atoms with E-state index in [1.54, 1.807) is 7.11 Å².